The first-order chi connectivity index (χ1) is 10.4. The number of benzene rings is 1. The van der Waals surface area contributed by atoms with Gasteiger partial charge in [0.1, 0.15) is 5.00 Å². The van der Waals surface area contributed by atoms with Crippen LogP contribution >= 0.6 is 11.3 Å². The molecule has 22 heavy (non-hydrogen) atoms. The van der Waals surface area contributed by atoms with E-state index in [0.717, 1.165) is 11.1 Å². The molecule has 0 spiro atoms. The van der Waals surface area contributed by atoms with Crippen molar-refractivity contribution in [1.82, 2.24) is 0 Å². The van der Waals surface area contributed by atoms with E-state index in [9.17, 15) is 14.7 Å². The molecule has 0 saturated carbocycles. The molecule has 116 valence electrons. The summed E-state index contributed by atoms with van der Waals surface area (Å²) >= 11 is 1.26. The van der Waals surface area contributed by atoms with Crippen LogP contribution in [0, 0.1) is 12.8 Å². The van der Waals surface area contributed by atoms with E-state index in [1.165, 1.54) is 11.3 Å². The third kappa shape index (κ3) is 3.54. The maximum absolute atomic E-state index is 12.3. The van der Waals surface area contributed by atoms with Crippen molar-refractivity contribution in [2.45, 2.75) is 27.2 Å². The third-order valence-electron chi connectivity index (χ3n) is 3.33. The van der Waals surface area contributed by atoms with E-state index >= 15 is 0 Å². The van der Waals surface area contributed by atoms with Crippen LogP contribution in [0.15, 0.2) is 29.6 Å². The van der Waals surface area contributed by atoms with Gasteiger partial charge in [-0.15, -0.1) is 11.3 Å². The lowest BCUT2D eigenvalue weighted by Gasteiger charge is -2.08. The molecule has 1 aromatic carbocycles. The van der Waals surface area contributed by atoms with Gasteiger partial charge in [-0.05, 0) is 41.8 Å². The molecule has 1 aromatic heterocycles. The highest BCUT2D eigenvalue weighted by Gasteiger charge is 2.21. The van der Waals surface area contributed by atoms with Crippen molar-refractivity contribution in [3.05, 3.63) is 51.9 Å². The van der Waals surface area contributed by atoms with Crippen LogP contribution in [0.5, 0.6) is 0 Å². The number of carbonyl (C=O) groups is 2. The number of anilines is 1. The van der Waals surface area contributed by atoms with Gasteiger partial charge in [0.15, 0.2) is 0 Å². The zero-order chi connectivity index (χ0) is 16.3. The molecule has 0 aliphatic carbocycles. The van der Waals surface area contributed by atoms with Crippen molar-refractivity contribution in [3.8, 4) is 0 Å². The lowest BCUT2D eigenvalue weighted by Crippen LogP contribution is -2.15. The highest BCUT2D eigenvalue weighted by molar-refractivity contribution is 7.15. The maximum atomic E-state index is 12.3. The molecule has 2 rings (SSSR count). The number of aryl methyl sites for hydroxylation is 1. The lowest BCUT2D eigenvalue weighted by molar-refractivity contribution is 0.0697. The van der Waals surface area contributed by atoms with Crippen molar-refractivity contribution in [1.29, 1.82) is 0 Å². The van der Waals surface area contributed by atoms with Crippen LogP contribution in [0.3, 0.4) is 0 Å². The number of carboxylic acids is 1. The number of hydrogen-bond acceptors (Lipinski definition) is 3. The summed E-state index contributed by atoms with van der Waals surface area (Å²) in [6.45, 7) is 5.93. The molecule has 0 atom stereocenters. The second kappa shape index (κ2) is 6.75. The van der Waals surface area contributed by atoms with Crippen molar-refractivity contribution < 1.29 is 14.7 Å². The Kier molecular flexibility index (Phi) is 4.98. The predicted molar refractivity (Wildman–Crippen MR) is 89.0 cm³/mol. The normalized spacial score (nSPS) is 10.7. The molecule has 0 fully saturated rings. The quantitative estimate of drug-likeness (QED) is 0.868. The van der Waals surface area contributed by atoms with Gasteiger partial charge in [0.25, 0.3) is 5.91 Å². The molecule has 4 nitrogen and oxygen atoms in total. The Morgan fingerprint density at radius 1 is 1.27 bits per heavy atom. The Bertz CT molecular complexity index is 704. The Morgan fingerprint density at radius 2 is 1.95 bits per heavy atom. The van der Waals surface area contributed by atoms with Gasteiger partial charge in [0, 0.05) is 5.56 Å². The Hall–Kier alpha value is -2.14. The van der Waals surface area contributed by atoms with Crippen LogP contribution in [0.1, 0.15) is 45.7 Å². The van der Waals surface area contributed by atoms with Gasteiger partial charge >= 0.3 is 5.97 Å². The number of nitrogens with one attached hydrogen (secondary N) is 1. The molecule has 0 saturated heterocycles. The molecule has 0 aliphatic heterocycles. The van der Waals surface area contributed by atoms with Crippen LogP contribution < -0.4 is 5.32 Å². The summed E-state index contributed by atoms with van der Waals surface area (Å²) in [5.74, 6) is -0.928. The van der Waals surface area contributed by atoms with Gasteiger partial charge in [0.2, 0.25) is 0 Å². The zero-order valence-electron chi connectivity index (χ0n) is 12.8. The molecule has 0 radical (unpaired) electrons. The monoisotopic (exact) mass is 317 g/mol. The number of thiophene rings is 1. The Morgan fingerprint density at radius 3 is 2.55 bits per heavy atom. The molecule has 0 unspecified atom stereocenters. The van der Waals surface area contributed by atoms with E-state index < -0.39 is 5.97 Å². The van der Waals surface area contributed by atoms with E-state index in [4.69, 9.17) is 0 Å². The van der Waals surface area contributed by atoms with E-state index in [2.05, 4.69) is 5.32 Å². The van der Waals surface area contributed by atoms with Crippen LogP contribution in [0.25, 0.3) is 0 Å². The smallest absolute Gasteiger partial charge is 0.338 e. The fourth-order valence-electron chi connectivity index (χ4n) is 2.31. The van der Waals surface area contributed by atoms with Gasteiger partial charge in [-0.25, -0.2) is 4.79 Å². The molecule has 5 heteroatoms. The number of aromatic carboxylic acids is 1. The first-order valence-electron chi connectivity index (χ1n) is 7.10. The van der Waals surface area contributed by atoms with Crippen molar-refractivity contribution in [3.63, 3.8) is 0 Å². The maximum Gasteiger partial charge on any atom is 0.338 e. The van der Waals surface area contributed by atoms with E-state index in [1.54, 1.807) is 12.1 Å². The fourth-order valence-corrected chi connectivity index (χ4v) is 3.27. The SMILES string of the molecule is Cc1ccccc1C(=O)Nc1scc(CC(C)C)c1C(=O)O. The lowest BCUT2D eigenvalue weighted by atomic mass is 10.0. The topological polar surface area (TPSA) is 66.4 Å². The van der Waals surface area contributed by atoms with Gasteiger partial charge in [0.05, 0.1) is 5.56 Å². The molecule has 2 N–H and O–H groups in total. The molecule has 1 amide bonds. The molecule has 1 heterocycles. The summed E-state index contributed by atoms with van der Waals surface area (Å²) in [6.07, 6.45) is 0.679. The van der Waals surface area contributed by atoms with Gasteiger partial charge in [-0.3, -0.25) is 4.79 Å². The third-order valence-corrected chi connectivity index (χ3v) is 4.27. The standard InChI is InChI=1S/C17H19NO3S/c1-10(2)8-12-9-22-16(14(12)17(20)21)18-15(19)13-7-5-4-6-11(13)3/h4-7,9-10H,8H2,1-3H3,(H,18,19)(H,20,21). The average Bonchev–Trinajstić information content (AvgIpc) is 2.81. The number of carboxylic acid groups (broad SMARTS) is 1. The largest absolute Gasteiger partial charge is 0.478 e. The minimum Gasteiger partial charge on any atom is -0.478 e. The first kappa shape index (κ1) is 16.2. The highest BCUT2D eigenvalue weighted by atomic mass is 32.1. The number of hydrogen-bond donors (Lipinski definition) is 2. The van der Waals surface area contributed by atoms with Crippen LogP contribution in [-0.4, -0.2) is 17.0 Å². The van der Waals surface area contributed by atoms with E-state index in [1.807, 2.05) is 38.3 Å². The van der Waals surface area contributed by atoms with Gasteiger partial charge < -0.3 is 10.4 Å². The van der Waals surface area contributed by atoms with Crippen molar-refractivity contribution in [2.75, 3.05) is 5.32 Å². The number of rotatable bonds is 5. The molecule has 0 bridgehead atoms. The molecular formula is C17H19NO3S. The number of amides is 1. The van der Waals surface area contributed by atoms with Crippen molar-refractivity contribution >= 4 is 28.2 Å². The molecular weight excluding hydrogens is 298 g/mol. The van der Waals surface area contributed by atoms with Gasteiger partial charge in [-0.1, -0.05) is 32.0 Å². The summed E-state index contributed by atoms with van der Waals surface area (Å²) in [4.78, 5) is 23.9. The summed E-state index contributed by atoms with van der Waals surface area (Å²) in [5.41, 5.74) is 2.39. The Labute approximate surface area is 133 Å². The minimum absolute atomic E-state index is 0.209. The fraction of sp³-hybridized carbons (Fsp3) is 0.294. The second-order valence-electron chi connectivity index (χ2n) is 5.64. The van der Waals surface area contributed by atoms with Gasteiger partial charge in [-0.2, -0.15) is 0 Å². The summed E-state index contributed by atoms with van der Waals surface area (Å²) in [7, 11) is 0. The summed E-state index contributed by atoms with van der Waals surface area (Å²) in [6, 6.07) is 7.23. The summed E-state index contributed by atoms with van der Waals surface area (Å²) in [5, 5.41) is 14.4. The molecule has 0 aliphatic rings. The van der Waals surface area contributed by atoms with E-state index in [0.29, 0.717) is 22.9 Å². The predicted octanol–water partition coefficient (Wildman–Crippen LogP) is 4.21. The average molecular weight is 317 g/mol. The zero-order valence-corrected chi connectivity index (χ0v) is 13.7. The minimum atomic E-state index is -1.00. The molecule has 2 aromatic rings. The summed E-state index contributed by atoms with van der Waals surface area (Å²) < 4.78 is 0. The first-order valence-corrected chi connectivity index (χ1v) is 7.98. The van der Waals surface area contributed by atoms with Crippen LogP contribution in [0.2, 0.25) is 0 Å². The second-order valence-corrected chi connectivity index (χ2v) is 6.52. The highest BCUT2D eigenvalue weighted by Crippen LogP contribution is 2.30. The van der Waals surface area contributed by atoms with Crippen LogP contribution in [0.4, 0.5) is 5.00 Å². The van der Waals surface area contributed by atoms with Crippen molar-refractivity contribution in [2.24, 2.45) is 5.92 Å². The van der Waals surface area contributed by atoms with Crippen LogP contribution in [-0.2, 0) is 6.42 Å². The number of carbonyl (C=O) groups excluding carboxylic acids is 1. The van der Waals surface area contributed by atoms with E-state index in [-0.39, 0.29) is 11.5 Å². The Balaban J connectivity index is 2.30.